The molecule has 7 heteroatoms. The van der Waals surface area contributed by atoms with E-state index in [9.17, 15) is 14.0 Å². The van der Waals surface area contributed by atoms with Crippen LogP contribution in [0.1, 0.15) is 16.7 Å². The predicted octanol–water partition coefficient (Wildman–Crippen LogP) is 5.18. The van der Waals surface area contributed by atoms with Crippen molar-refractivity contribution in [2.75, 3.05) is 11.1 Å². The molecule has 5 nitrogen and oxygen atoms in total. The van der Waals surface area contributed by atoms with Gasteiger partial charge in [0.05, 0.1) is 22.3 Å². The Morgan fingerprint density at radius 1 is 1.03 bits per heavy atom. The van der Waals surface area contributed by atoms with E-state index in [2.05, 4.69) is 10.3 Å². The van der Waals surface area contributed by atoms with Crippen molar-refractivity contribution in [3.05, 3.63) is 93.5 Å². The van der Waals surface area contributed by atoms with Crippen LogP contribution in [0.3, 0.4) is 0 Å². The Bertz CT molecular complexity index is 1400. The van der Waals surface area contributed by atoms with Crippen molar-refractivity contribution in [1.82, 2.24) is 9.55 Å². The topological polar surface area (TPSA) is 64.0 Å². The summed E-state index contributed by atoms with van der Waals surface area (Å²) in [4.78, 5) is 30.7. The lowest BCUT2D eigenvalue weighted by atomic mass is 10.1. The Morgan fingerprint density at radius 3 is 2.59 bits per heavy atom. The van der Waals surface area contributed by atoms with Gasteiger partial charge in [0.1, 0.15) is 5.82 Å². The lowest BCUT2D eigenvalue weighted by Crippen LogP contribution is -2.23. The highest BCUT2D eigenvalue weighted by atomic mass is 32.2. The molecule has 32 heavy (non-hydrogen) atoms. The van der Waals surface area contributed by atoms with Gasteiger partial charge < -0.3 is 5.32 Å². The van der Waals surface area contributed by atoms with E-state index in [1.54, 1.807) is 35.8 Å². The second-order valence-electron chi connectivity index (χ2n) is 7.64. The molecule has 4 rings (SSSR count). The van der Waals surface area contributed by atoms with Crippen LogP contribution in [0.4, 0.5) is 10.1 Å². The average molecular weight is 448 g/mol. The van der Waals surface area contributed by atoms with E-state index < -0.39 is 5.82 Å². The first-order chi connectivity index (χ1) is 15.3. The average Bonchev–Trinajstić information content (AvgIpc) is 2.77. The van der Waals surface area contributed by atoms with Crippen molar-refractivity contribution in [2.24, 2.45) is 0 Å². The van der Waals surface area contributed by atoms with E-state index >= 15 is 0 Å². The fourth-order valence-electron chi connectivity index (χ4n) is 3.43. The Kier molecular flexibility index (Phi) is 6.10. The Morgan fingerprint density at radius 2 is 1.78 bits per heavy atom. The summed E-state index contributed by atoms with van der Waals surface area (Å²) in [5.41, 5.74) is 4.25. The van der Waals surface area contributed by atoms with Crippen molar-refractivity contribution in [2.45, 2.75) is 25.9 Å². The summed E-state index contributed by atoms with van der Waals surface area (Å²) >= 11 is 1.17. The molecule has 0 saturated carbocycles. The Labute approximate surface area is 189 Å². The molecule has 0 saturated heterocycles. The van der Waals surface area contributed by atoms with Gasteiger partial charge >= 0.3 is 0 Å². The van der Waals surface area contributed by atoms with Crippen LogP contribution in [0.25, 0.3) is 16.6 Å². The summed E-state index contributed by atoms with van der Waals surface area (Å²) in [6.45, 7) is 5.69. The Hall–Kier alpha value is -3.45. The minimum absolute atomic E-state index is 0.0194. The molecule has 0 atom stereocenters. The van der Waals surface area contributed by atoms with Crippen LogP contribution in [-0.2, 0) is 4.79 Å². The van der Waals surface area contributed by atoms with Crippen molar-refractivity contribution in [3.8, 4) is 5.69 Å². The summed E-state index contributed by atoms with van der Waals surface area (Å²) in [5, 5.41) is 3.67. The number of hydrogen-bond acceptors (Lipinski definition) is 4. The van der Waals surface area contributed by atoms with Gasteiger partial charge in [-0.05, 0) is 67.8 Å². The SMILES string of the molecule is Cc1ccc(C)c(-n2c(SCC(=O)Nc3cc(F)ccc3C)nc3ccccc3c2=O)c1. The summed E-state index contributed by atoms with van der Waals surface area (Å²) in [7, 11) is 0. The van der Waals surface area contributed by atoms with Crippen LogP contribution < -0.4 is 10.9 Å². The molecule has 162 valence electrons. The molecule has 1 amide bonds. The first kappa shape index (κ1) is 21.8. The molecule has 0 unspecified atom stereocenters. The van der Waals surface area contributed by atoms with Crippen LogP contribution in [0, 0.1) is 26.6 Å². The highest BCUT2D eigenvalue weighted by Crippen LogP contribution is 2.24. The molecule has 0 aliphatic rings. The third-order valence-corrected chi connectivity index (χ3v) is 6.10. The van der Waals surface area contributed by atoms with E-state index in [-0.39, 0.29) is 17.2 Å². The Balaban J connectivity index is 1.71. The maximum absolute atomic E-state index is 13.5. The number of benzene rings is 3. The number of fused-ring (bicyclic) bond motifs is 1. The normalized spacial score (nSPS) is 11.0. The molecule has 0 radical (unpaired) electrons. The maximum atomic E-state index is 13.5. The van der Waals surface area contributed by atoms with Gasteiger partial charge in [-0.2, -0.15) is 0 Å². The van der Waals surface area contributed by atoms with Crippen LogP contribution in [0.5, 0.6) is 0 Å². The lowest BCUT2D eigenvalue weighted by Gasteiger charge is -2.16. The fourth-order valence-corrected chi connectivity index (χ4v) is 4.23. The number of nitrogens with zero attached hydrogens (tertiary/aromatic N) is 2. The van der Waals surface area contributed by atoms with Gasteiger partial charge in [0.15, 0.2) is 5.16 Å². The van der Waals surface area contributed by atoms with E-state index in [4.69, 9.17) is 0 Å². The number of carbonyl (C=O) groups excluding carboxylic acids is 1. The molecular weight excluding hydrogens is 425 g/mol. The molecular formula is C25H22FN3O2S. The number of halogens is 1. The summed E-state index contributed by atoms with van der Waals surface area (Å²) in [5.74, 6) is -0.705. The first-order valence-corrected chi connectivity index (χ1v) is 11.1. The van der Waals surface area contributed by atoms with E-state index in [1.165, 1.54) is 23.9 Å². The van der Waals surface area contributed by atoms with Gasteiger partial charge in [0.25, 0.3) is 5.56 Å². The molecule has 1 heterocycles. The number of carbonyl (C=O) groups is 1. The third kappa shape index (κ3) is 4.43. The molecule has 1 N–H and O–H groups in total. The minimum Gasteiger partial charge on any atom is -0.325 e. The van der Waals surface area contributed by atoms with Gasteiger partial charge in [0.2, 0.25) is 5.91 Å². The van der Waals surface area contributed by atoms with Crippen LogP contribution in [0.15, 0.2) is 70.6 Å². The fraction of sp³-hybridized carbons (Fsp3) is 0.160. The molecule has 0 spiro atoms. The van der Waals surface area contributed by atoms with Crippen molar-refractivity contribution in [3.63, 3.8) is 0 Å². The zero-order valence-corrected chi connectivity index (χ0v) is 18.8. The predicted molar refractivity (Wildman–Crippen MR) is 127 cm³/mol. The second-order valence-corrected chi connectivity index (χ2v) is 8.58. The monoisotopic (exact) mass is 447 g/mol. The number of aryl methyl sites for hydroxylation is 3. The first-order valence-electron chi connectivity index (χ1n) is 10.1. The number of nitrogens with one attached hydrogen (secondary N) is 1. The third-order valence-electron chi connectivity index (χ3n) is 5.16. The van der Waals surface area contributed by atoms with Crippen LogP contribution in [-0.4, -0.2) is 21.2 Å². The maximum Gasteiger partial charge on any atom is 0.266 e. The number of anilines is 1. The number of aromatic nitrogens is 2. The smallest absolute Gasteiger partial charge is 0.266 e. The number of amides is 1. The molecule has 1 aromatic heterocycles. The minimum atomic E-state index is -0.418. The number of rotatable bonds is 5. The lowest BCUT2D eigenvalue weighted by molar-refractivity contribution is -0.113. The van der Waals surface area contributed by atoms with Gasteiger partial charge in [-0.25, -0.2) is 9.37 Å². The highest BCUT2D eigenvalue weighted by Gasteiger charge is 2.16. The highest BCUT2D eigenvalue weighted by molar-refractivity contribution is 7.99. The van der Waals surface area contributed by atoms with Gasteiger partial charge in [-0.15, -0.1) is 0 Å². The summed E-state index contributed by atoms with van der Waals surface area (Å²) in [6, 6.07) is 17.3. The molecule has 0 fully saturated rings. The number of hydrogen-bond donors (Lipinski definition) is 1. The standard InChI is InChI=1S/C25H22FN3O2S/c1-15-8-9-17(3)22(12-15)29-24(31)19-6-4-5-7-20(19)28-25(29)32-14-23(30)27-21-13-18(26)11-10-16(21)2/h4-13H,14H2,1-3H3,(H,27,30). The van der Waals surface area contributed by atoms with Gasteiger partial charge in [-0.1, -0.05) is 42.1 Å². The van der Waals surface area contributed by atoms with Gasteiger partial charge in [0, 0.05) is 5.69 Å². The molecule has 3 aromatic carbocycles. The van der Waals surface area contributed by atoms with Crippen molar-refractivity contribution >= 4 is 34.3 Å². The van der Waals surface area contributed by atoms with E-state index in [1.807, 2.05) is 38.1 Å². The largest absolute Gasteiger partial charge is 0.325 e. The van der Waals surface area contributed by atoms with Crippen molar-refractivity contribution < 1.29 is 9.18 Å². The summed E-state index contributed by atoms with van der Waals surface area (Å²) < 4.78 is 15.1. The van der Waals surface area contributed by atoms with Crippen LogP contribution in [0.2, 0.25) is 0 Å². The number of para-hydroxylation sites is 1. The van der Waals surface area contributed by atoms with E-state index in [0.29, 0.717) is 21.7 Å². The molecule has 0 aliphatic heterocycles. The zero-order chi connectivity index (χ0) is 22.8. The second kappa shape index (κ2) is 8.96. The van der Waals surface area contributed by atoms with Crippen LogP contribution >= 0.6 is 11.8 Å². The zero-order valence-electron chi connectivity index (χ0n) is 18.0. The van der Waals surface area contributed by atoms with Crippen molar-refractivity contribution in [1.29, 1.82) is 0 Å². The summed E-state index contributed by atoms with van der Waals surface area (Å²) in [6.07, 6.45) is 0. The van der Waals surface area contributed by atoms with Gasteiger partial charge in [-0.3, -0.25) is 14.2 Å². The molecule has 0 bridgehead atoms. The quantitative estimate of drug-likeness (QED) is 0.338. The van der Waals surface area contributed by atoms with E-state index in [0.717, 1.165) is 22.4 Å². The molecule has 4 aromatic rings. The number of thioether (sulfide) groups is 1. The molecule has 0 aliphatic carbocycles.